The molecule has 0 amide bonds. The van der Waals surface area contributed by atoms with E-state index in [0.29, 0.717) is 0 Å². The molecule has 0 aliphatic carbocycles. The Balaban J connectivity index is 0.00000180. The van der Waals surface area contributed by atoms with Crippen LogP contribution in [0, 0.1) is 5.41 Å². The van der Waals surface area contributed by atoms with Gasteiger partial charge in [-0.3, -0.25) is 5.32 Å². The van der Waals surface area contributed by atoms with Gasteiger partial charge in [-0.15, -0.1) is 12.4 Å². The normalized spacial score (nSPS) is 32.8. The smallest absolute Gasteiger partial charge is 0.117 e. The number of halogens is 1. The van der Waals surface area contributed by atoms with Gasteiger partial charge in [0.15, 0.2) is 0 Å². The summed E-state index contributed by atoms with van der Waals surface area (Å²) < 4.78 is 6.04. The first-order valence-electron chi connectivity index (χ1n) is 7.19. The molecule has 0 spiro atoms. The van der Waals surface area contributed by atoms with E-state index in [9.17, 15) is 0 Å². The lowest BCUT2D eigenvalue weighted by Crippen LogP contribution is -2.57. The van der Waals surface area contributed by atoms with Crippen LogP contribution >= 0.6 is 12.4 Å². The summed E-state index contributed by atoms with van der Waals surface area (Å²) >= 11 is 0. The minimum absolute atomic E-state index is 0. The summed E-state index contributed by atoms with van der Waals surface area (Å²) in [4.78, 5) is 4.95. The molecule has 19 heavy (non-hydrogen) atoms. The molecule has 1 N–H and O–H groups in total. The molecule has 0 bridgehead atoms. The van der Waals surface area contributed by atoms with Gasteiger partial charge in [0.1, 0.15) is 5.72 Å². The van der Waals surface area contributed by atoms with Crippen LogP contribution in [-0.4, -0.2) is 68.4 Å². The summed E-state index contributed by atoms with van der Waals surface area (Å²) in [6.07, 6.45) is 1.08. The summed E-state index contributed by atoms with van der Waals surface area (Å²) in [6, 6.07) is 0. The highest BCUT2D eigenvalue weighted by Gasteiger charge is 2.35. The molecular formula is C14H30ClN3O. The fourth-order valence-electron chi connectivity index (χ4n) is 2.49. The monoisotopic (exact) mass is 291 g/mol. The van der Waals surface area contributed by atoms with Gasteiger partial charge in [0.2, 0.25) is 0 Å². The van der Waals surface area contributed by atoms with Gasteiger partial charge in [0, 0.05) is 51.1 Å². The molecule has 0 aromatic heterocycles. The summed E-state index contributed by atoms with van der Waals surface area (Å²) in [6.45, 7) is 14.5. The van der Waals surface area contributed by atoms with E-state index in [1.165, 1.54) is 26.2 Å². The fraction of sp³-hybridized carbons (Fsp3) is 1.00. The molecule has 114 valence electrons. The van der Waals surface area contributed by atoms with Crippen LogP contribution in [0.4, 0.5) is 0 Å². The second kappa shape index (κ2) is 6.72. The van der Waals surface area contributed by atoms with Crippen molar-refractivity contribution >= 4 is 12.4 Å². The molecule has 0 aromatic rings. The van der Waals surface area contributed by atoms with Crippen LogP contribution in [0.3, 0.4) is 0 Å². The van der Waals surface area contributed by atoms with E-state index in [0.717, 1.165) is 26.1 Å². The molecule has 2 saturated heterocycles. The Bertz CT molecular complexity index is 268. The maximum atomic E-state index is 6.04. The maximum Gasteiger partial charge on any atom is 0.117 e. The van der Waals surface area contributed by atoms with Crippen molar-refractivity contribution in [3.05, 3.63) is 0 Å². The van der Waals surface area contributed by atoms with Crippen LogP contribution in [-0.2, 0) is 4.74 Å². The highest BCUT2D eigenvalue weighted by Crippen LogP contribution is 2.26. The number of piperazine rings is 1. The van der Waals surface area contributed by atoms with Crippen LogP contribution in [0.1, 0.15) is 27.2 Å². The third-order valence-electron chi connectivity index (χ3n) is 4.22. The van der Waals surface area contributed by atoms with E-state index in [2.05, 4.69) is 42.9 Å². The first-order chi connectivity index (χ1) is 8.39. The second-order valence-corrected chi connectivity index (χ2v) is 6.93. The highest BCUT2D eigenvalue weighted by atomic mass is 35.5. The third kappa shape index (κ3) is 5.20. The molecule has 5 heteroatoms. The Hall–Kier alpha value is 0.130. The van der Waals surface area contributed by atoms with Crippen molar-refractivity contribution < 1.29 is 4.74 Å². The van der Waals surface area contributed by atoms with E-state index < -0.39 is 0 Å². The molecule has 1 atom stereocenters. The van der Waals surface area contributed by atoms with E-state index in [-0.39, 0.29) is 23.5 Å². The van der Waals surface area contributed by atoms with Gasteiger partial charge in [-0.1, -0.05) is 13.8 Å². The second-order valence-electron chi connectivity index (χ2n) is 6.93. The average Bonchev–Trinajstić information content (AvgIpc) is 2.33. The molecule has 2 aliphatic heterocycles. The fourth-order valence-corrected chi connectivity index (χ4v) is 2.49. The number of likely N-dealkylation sites (N-methyl/N-ethyl adjacent to an activating group) is 1. The molecule has 2 heterocycles. The van der Waals surface area contributed by atoms with E-state index >= 15 is 0 Å². The lowest BCUT2D eigenvalue weighted by Gasteiger charge is -2.43. The Morgan fingerprint density at radius 1 is 1.11 bits per heavy atom. The van der Waals surface area contributed by atoms with E-state index in [4.69, 9.17) is 4.74 Å². The molecule has 0 saturated carbocycles. The minimum Gasteiger partial charge on any atom is -0.360 e. The Labute approximate surface area is 124 Å². The lowest BCUT2D eigenvalue weighted by molar-refractivity contribution is -0.132. The Morgan fingerprint density at radius 3 is 2.26 bits per heavy atom. The number of ether oxygens (including phenoxy) is 1. The predicted octanol–water partition coefficient (Wildman–Crippen LogP) is 1.41. The zero-order chi connectivity index (χ0) is 13.2. The van der Waals surface area contributed by atoms with Gasteiger partial charge >= 0.3 is 0 Å². The molecule has 1 unspecified atom stereocenters. The molecule has 2 fully saturated rings. The Kier molecular flexibility index (Phi) is 6.08. The highest BCUT2D eigenvalue weighted by molar-refractivity contribution is 5.85. The van der Waals surface area contributed by atoms with Crippen molar-refractivity contribution in [3.8, 4) is 0 Å². The number of nitrogens with one attached hydrogen (secondary N) is 1. The van der Waals surface area contributed by atoms with Gasteiger partial charge < -0.3 is 14.5 Å². The molecular weight excluding hydrogens is 262 g/mol. The lowest BCUT2D eigenvalue weighted by atomic mass is 9.91. The summed E-state index contributed by atoms with van der Waals surface area (Å²) in [5.74, 6) is 0. The van der Waals surface area contributed by atoms with Crippen LogP contribution in [0.2, 0.25) is 0 Å². The van der Waals surface area contributed by atoms with Crippen molar-refractivity contribution in [2.75, 3.05) is 52.9 Å². The molecule has 2 rings (SSSR count). The van der Waals surface area contributed by atoms with Crippen molar-refractivity contribution in [1.82, 2.24) is 15.1 Å². The average molecular weight is 292 g/mol. The minimum atomic E-state index is -0.126. The van der Waals surface area contributed by atoms with Gasteiger partial charge in [-0.25, -0.2) is 0 Å². The van der Waals surface area contributed by atoms with Gasteiger partial charge in [-0.05, 0) is 14.0 Å². The zero-order valence-corrected chi connectivity index (χ0v) is 13.7. The summed E-state index contributed by atoms with van der Waals surface area (Å²) in [5, 5.41) is 3.57. The standard InChI is InChI=1S/C14H29N3O.ClH/c1-13(2)11-15-14(3,18-12-13)5-6-17-9-7-16(4)8-10-17;/h15H,5-12H2,1-4H3;1H. The van der Waals surface area contributed by atoms with Crippen molar-refractivity contribution in [3.63, 3.8) is 0 Å². The number of hydrogen-bond acceptors (Lipinski definition) is 4. The van der Waals surface area contributed by atoms with Gasteiger partial charge in [-0.2, -0.15) is 0 Å². The topological polar surface area (TPSA) is 27.7 Å². The molecule has 0 aromatic carbocycles. The quantitative estimate of drug-likeness (QED) is 0.851. The number of hydrogen-bond donors (Lipinski definition) is 1. The first-order valence-corrected chi connectivity index (χ1v) is 7.19. The zero-order valence-electron chi connectivity index (χ0n) is 12.9. The maximum absolute atomic E-state index is 6.04. The SMILES string of the molecule is CN1CCN(CCC2(C)NCC(C)(C)CO2)CC1.Cl. The number of rotatable bonds is 3. The van der Waals surface area contributed by atoms with Crippen molar-refractivity contribution in [2.45, 2.75) is 32.9 Å². The van der Waals surface area contributed by atoms with Gasteiger partial charge in [0.25, 0.3) is 0 Å². The molecule has 0 radical (unpaired) electrons. The van der Waals surface area contributed by atoms with Crippen molar-refractivity contribution in [1.29, 1.82) is 0 Å². The largest absolute Gasteiger partial charge is 0.360 e. The summed E-state index contributed by atoms with van der Waals surface area (Å²) in [5.41, 5.74) is 0.145. The van der Waals surface area contributed by atoms with Gasteiger partial charge in [0.05, 0.1) is 6.61 Å². The van der Waals surface area contributed by atoms with Crippen LogP contribution in [0.25, 0.3) is 0 Å². The Morgan fingerprint density at radius 2 is 1.74 bits per heavy atom. The van der Waals surface area contributed by atoms with Crippen LogP contribution in [0.15, 0.2) is 0 Å². The molecule has 2 aliphatic rings. The van der Waals surface area contributed by atoms with Crippen LogP contribution in [0.5, 0.6) is 0 Å². The number of nitrogens with zero attached hydrogens (tertiary/aromatic N) is 2. The summed E-state index contributed by atoms with van der Waals surface area (Å²) in [7, 11) is 2.20. The van der Waals surface area contributed by atoms with E-state index in [1.807, 2.05) is 0 Å². The van der Waals surface area contributed by atoms with Crippen LogP contribution < -0.4 is 5.32 Å². The third-order valence-corrected chi connectivity index (χ3v) is 4.22. The van der Waals surface area contributed by atoms with Crippen molar-refractivity contribution in [2.24, 2.45) is 5.41 Å². The van der Waals surface area contributed by atoms with E-state index in [1.54, 1.807) is 0 Å². The molecule has 4 nitrogen and oxygen atoms in total. The predicted molar refractivity (Wildman–Crippen MR) is 81.9 cm³/mol. The first kappa shape index (κ1) is 17.2.